The standard InChI is InChI=1S/C15H21F2N3O3/c1-8(2)13(18)14(22)19-7-12(21)20-10-5-4-9(3)11(6-10)23-15(16)17/h4-6,8,13,15H,7,18H2,1-3H3,(H,19,22)(H,20,21)/t13-/m0/s1. The van der Waals surface area contributed by atoms with Crippen LogP contribution in [0.15, 0.2) is 18.2 Å². The van der Waals surface area contributed by atoms with Gasteiger partial charge in [0.25, 0.3) is 0 Å². The van der Waals surface area contributed by atoms with Crippen molar-refractivity contribution in [3.8, 4) is 5.75 Å². The lowest BCUT2D eigenvalue weighted by molar-refractivity contribution is -0.125. The van der Waals surface area contributed by atoms with E-state index in [1.807, 2.05) is 0 Å². The van der Waals surface area contributed by atoms with Gasteiger partial charge in [0.1, 0.15) is 5.75 Å². The first-order valence-electron chi connectivity index (χ1n) is 7.09. The van der Waals surface area contributed by atoms with Crippen LogP contribution in [0.2, 0.25) is 0 Å². The summed E-state index contributed by atoms with van der Waals surface area (Å²) in [5, 5.41) is 4.90. The molecule has 0 spiro atoms. The number of rotatable bonds is 7. The van der Waals surface area contributed by atoms with Crippen molar-refractivity contribution < 1.29 is 23.1 Å². The maximum absolute atomic E-state index is 12.3. The molecular weight excluding hydrogens is 308 g/mol. The van der Waals surface area contributed by atoms with Crippen LogP contribution in [0.25, 0.3) is 0 Å². The van der Waals surface area contributed by atoms with Crippen molar-refractivity contribution in [2.24, 2.45) is 11.7 Å². The van der Waals surface area contributed by atoms with Crippen LogP contribution in [-0.2, 0) is 9.59 Å². The topological polar surface area (TPSA) is 93.5 Å². The maximum Gasteiger partial charge on any atom is 0.387 e. The van der Waals surface area contributed by atoms with Crippen LogP contribution >= 0.6 is 0 Å². The molecule has 4 N–H and O–H groups in total. The molecule has 0 saturated heterocycles. The van der Waals surface area contributed by atoms with Gasteiger partial charge in [0.05, 0.1) is 12.6 Å². The summed E-state index contributed by atoms with van der Waals surface area (Å²) in [5.74, 6) is -1.00. The molecule has 0 aromatic heterocycles. The summed E-state index contributed by atoms with van der Waals surface area (Å²) in [4.78, 5) is 23.4. The predicted octanol–water partition coefficient (Wildman–Crippen LogP) is 1.63. The van der Waals surface area contributed by atoms with Gasteiger partial charge in [-0.15, -0.1) is 0 Å². The number of nitrogens with one attached hydrogen (secondary N) is 2. The first-order chi connectivity index (χ1) is 10.7. The molecule has 0 aliphatic carbocycles. The molecule has 0 bridgehead atoms. The van der Waals surface area contributed by atoms with Gasteiger partial charge in [-0.2, -0.15) is 8.78 Å². The van der Waals surface area contributed by atoms with Gasteiger partial charge in [-0.25, -0.2) is 0 Å². The minimum Gasteiger partial charge on any atom is -0.434 e. The zero-order chi connectivity index (χ0) is 17.6. The fourth-order valence-electron chi connectivity index (χ4n) is 1.69. The number of hydrogen-bond acceptors (Lipinski definition) is 4. The molecule has 128 valence electrons. The van der Waals surface area contributed by atoms with Crippen molar-refractivity contribution >= 4 is 17.5 Å². The van der Waals surface area contributed by atoms with Crippen LogP contribution in [0.5, 0.6) is 5.75 Å². The van der Waals surface area contributed by atoms with Crippen molar-refractivity contribution in [3.63, 3.8) is 0 Å². The lowest BCUT2D eigenvalue weighted by Crippen LogP contribution is -2.46. The number of carbonyl (C=O) groups excluding carboxylic acids is 2. The third-order valence-corrected chi connectivity index (χ3v) is 3.13. The van der Waals surface area contributed by atoms with Gasteiger partial charge in [0.15, 0.2) is 0 Å². The first-order valence-corrected chi connectivity index (χ1v) is 7.09. The molecule has 0 radical (unpaired) electrons. The Bertz CT molecular complexity index is 565. The number of halogens is 2. The largest absolute Gasteiger partial charge is 0.434 e. The fraction of sp³-hybridized carbons (Fsp3) is 0.467. The number of carbonyl (C=O) groups is 2. The zero-order valence-electron chi connectivity index (χ0n) is 13.2. The molecule has 1 rings (SSSR count). The third kappa shape index (κ3) is 6.19. The molecule has 0 saturated carbocycles. The molecule has 0 aliphatic heterocycles. The molecule has 1 aromatic rings. The molecule has 8 heteroatoms. The molecule has 6 nitrogen and oxygen atoms in total. The predicted molar refractivity (Wildman–Crippen MR) is 82.3 cm³/mol. The summed E-state index contributed by atoms with van der Waals surface area (Å²) in [7, 11) is 0. The molecule has 1 aromatic carbocycles. The van der Waals surface area contributed by atoms with Crippen molar-refractivity contribution in [1.29, 1.82) is 0 Å². The SMILES string of the molecule is Cc1ccc(NC(=O)CNC(=O)[C@@H](N)C(C)C)cc1OC(F)F. The second kappa shape index (κ2) is 8.42. The summed E-state index contributed by atoms with van der Waals surface area (Å²) in [5.41, 5.74) is 6.45. The van der Waals surface area contributed by atoms with Gasteiger partial charge in [0, 0.05) is 11.8 Å². The lowest BCUT2D eigenvalue weighted by Gasteiger charge is -2.15. The Morgan fingerprint density at radius 2 is 1.96 bits per heavy atom. The van der Waals surface area contributed by atoms with Gasteiger partial charge in [-0.3, -0.25) is 9.59 Å². The quantitative estimate of drug-likeness (QED) is 0.709. The van der Waals surface area contributed by atoms with Crippen LogP contribution in [-0.4, -0.2) is 31.0 Å². The highest BCUT2D eigenvalue weighted by Gasteiger charge is 2.17. The van der Waals surface area contributed by atoms with Gasteiger partial charge in [-0.05, 0) is 24.5 Å². The molecule has 1 atom stereocenters. The van der Waals surface area contributed by atoms with E-state index in [1.165, 1.54) is 6.07 Å². The van der Waals surface area contributed by atoms with Crippen LogP contribution < -0.4 is 21.1 Å². The highest BCUT2D eigenvalue weighted by Crippen LogP contribution is 2.24. The molecule has 0 unspecified atom stereocenters. The maximum atomic E-state index is 12.3. The number of anilines is 1. The number of amides is 2. The Labute approximate surface area is 133 Å². The van der Waals surface area contributed by atoms with Crippen molar-refractivity contribution in [2.75, 3.05) is 11.9 Å². The number of aryl methyl sites for hydroxylation is 1. The average molecular weight is 329 g/mol. The summed E-state index contributed by atoms with van der Waals surface area (Å²) in [6.45, 7) is 1.98. The molecule has 0 heterocycles. The molecule has 2 amide bonds. The Balaban J connectivity index is 2.59. The molecule has 0 aliphatic rings. The number of nitrogens with two attached hydrogens (primary N) is 1. The van der Waals surface area contributed by atoms with E-state index in [4.69, 9.17) is 5.73 Å². The van der Waals surface area contributed by atoms with E-state index in [2.05, 4.69) is 15.4 Å². The zero-order valence-corrected chi connectivity index (χ0v) is 13.2. The Kier molecular flexibility index (Phi) is 6.89. The highest BCUT2D eigenvalue weighted by molar-refractivity contribution is 5.95. The summed E-state index contributed by atoms with van der Waals surface area (Å²) in [6, 6.07) is 3.68. The smallest absolute Gasteiger partial charge is 0.387 e. The molecule has 23 heavy (non-hydrogen) atoms. The van der Waals surface area contributed by atoms with Crippen LogP contribution in [0.4, 0.5) is 14.5 Å². The fourth-order valence-corrected chi connectivity index (χ4v) is 1.69. The monoisotopic (exact) mass is 329 g/mol. The van der Waals surface area contributed by atoms with Crippen molar-refractivity contribution in [3.05, 3.63) is 23.8 Å². The molecule has 0 fully saturated rings. The van der Waals surface area contributed by atoms with E-state index < -0.39 is 24.5 Å². The van der Waals surface area contributed by atoms with Crippen LogP contribution in [0.3, 0.4) is 0 Å². The van der Waals surface area contributed by atoms with E-state index in [9.17, 15) is 18.4 Å². The average Bonchev–Trinajstić information content (AvgIpc) is 2.46. The van der Waals surface area contributed by atoms with Crippen LogP contribution in [0, 0.1) is 12.8 Å². The summed E-state index contributed by atoms with van der Waals surface area (Å²) < 4.78 is 28.9. The Morgan fingerprint density at radius 3 is 2.52 bits per heavy atom. The summed E-state index contributed by atoms with van der Waals surface area (Å²) in [6.07, 6.45) is 0. The van der Waals surface area contributed by atoms with Crippen molar-refractivity contribution in [2.45, 2.75) is 33.4 Å². The Hall–Kier alpha value is -2.22. The number of hydrogen-bond donors (Lipinski definition) is 3. The second-order valence-corrected chi connectivity index (χ2v) is 5.39. The minimum absolute atomic E-state index is 0.0244. The van der Waals surface area contributed by atoms with Crippen molar-refractivity contribution in [1.82, 2.24) is 5.32 Å². The van der Waals surface area contributed by atoms with E-state index in [0.717, 1.165) is 0 Å². The number of alkyl halides is 2. The highest BCUT2D eigenvalue weighted by atomic mass is 19.3. The normalized spacial score (nSPS) is 12.2. The first kappa shape index (κ1) is 18.8. The summed E-state index contributed by atoms with van der Waals surface area (Å²) >= 11 is 0. The van der Waals surface area contributed by atoms with Crippen LogP contribution in [0.1, 0.15) is 19.4 Å². The van der Waals surface area contributed by atoms with Gasteiger partial charge >= 0.3 is 6.61 Å². The molecular formula is C15H21F2N3O3. The minimum atomic E-state index is -2.95. The Morgan fingerprint density at radius 1 is 1.30 bits per heavy atom. The number of ether oxygens (including phenoxy) is 1. The second-order valence-electron chi connectivity index (χ2n) is 5.39. The van der Waals surface area contributed by atoms with Gasteiger partial charge in [-0.1, -0.05) is 19.9 Å². The van der Waals surface area contributed by atoms with E-state index in [0.29, 0.717) is 11.3 Å². The van der Waals surface area contributed by atoms with E-state index in [-0.39, 0.29) is 18.2 Å². The number of benzene rings is 1. The lowest BCUT2D eigenvalue weighted by atomic mass is 10.1. The van der Waals surface area contributed by atoms with Gasteiger partial charge in [0.2, 0.25) is 11.8 Å². The van der Waals surface area contributed by atoms with Gasteiger partial charge < -0.3 is 21.1 Å². The third-order valence-electron chi connectivity index (χ3n) is 3.13. The van der Waals surface area contributed by atoms with E-state index in [1.54, 1.807) is 32.9 Å². The van der Waals surface area contributed by atoms with E-state index >= 15 is 0 Å².